The van der Waals surface area contributed by atoms with E-state index in [-0.39, 0.29) is 17.3 Å². The van der Waals surface area contributed by atoms with E-state index >= 15 is 0 Å². The zero-order valence-corrected chi connectivity index (χ0v) is 13.7. The number of H-pyrrole nitrogens is 1. The number of nitrogens with one attached hydrogen (secondary N) is 1. The first-order valence-electron chi connectivity index (χ1n) is 6.35. The second-order valence-electron chi connectivity index (χ2n) is 4.79. The van der Waals surface area contributed by atoms with Crippen LogP contribution in [0.3, 0.4) is 0 Å². The molecule has 0 amide bonds. The molecule has 0 aliphatic heterocycles. The van der Waals surface area contributed by atoms with Crippen molar-refractivity contribution in [2.24, 2.45) is 0 Å². The average molecular weight is 329 g/mol. The Morgan fingerprint density at radius 2 is 2.05 bits per heavy atom. The summed E-state index contributed by atoms with van der Waals surface area (Å²) < 4.78 is 26.6. The molecule has 114 valence electrons. The van der Waals surface area contributed by atoms with E-state index in [1.165, 1.54) is 11.4 Å². The number of sulfonamides is 1. The van der Waals surface area contributed by atoms with E-state index in [9.17, 15) is 8.42 Å². The summed E-state index contributed by atoms with van der Waals surface area (Å²) in [4.78, 5) is 4.46. The number of rotatable bonds is 5. The topological polar surface area (TPSA) is 79.0 Å². The van der Waals surface area contributed by atoms with Crippen molar-refractivity contribution >= 4 is 21.6 Å². The largest absolute Gasteiger partial charge is 0.281 e. The van der Waals surface area contributed by atoms with Gasteiger partial charge in [-0.15, -0.1) is 11.6 Å². The molecule has 0 aliphatic rings. The summed E-state index contributed by atoms with van der Waals surface area (Å²) in [6, 6.07) is 5.51. The lowest BCUT2D eigenvalue weighted by atomic mass is 10.3. The molecule has 2 rings (SSSR count). The number of halogens is 1. The van der Waals surface area contributed by atoms with Gasteiger partial charge in [0, 0.05) is 12.7 Å². The van der Waals surface area contributed by atoms with Crippen molar-refractivity contribution in [1.82, 2.24) is 19.5 Å². The molecule has 0 atom stereocenters. The predicted molar refractivity (Wildman–Crippen MR) is 80.5 cm³/mol. The molecule has 1 N–H and O–H groups in total. The molecule has 0 spiro atoms. The molecule has 21 heavy (non-hydrogen) atoms. The number of pyridine rings is 1. The van der Waals surface area contributed by atoms with Crippen LogP contribution in [-0.2, 0) is 22.4 Å². The van der Waals surface area contributed by atoms with Crippen LogP contribution in [0.5, 0.6) is 0 Å². The Bertz CT molecular complexity index is 742. The fraction of sp³-hybridized carbons (Fsp3) is 0.385. The highest BCUT2D eigenvalue weighted by Gasteiger charge is 2.28. The van der Waals surface area contributed by atoms with Gasteiger partial charge in [-0.3, -0.25) is 10.1 Å². The maximum absolute atomic E-state index is 12.7. The smallest absolute Gasteiger partial charge is 0.246 e. The summed E-state index contributed by atoms with van der Waals surface area (Å²) in [5.74, 6) is 0.0371. The van der Waals surface area contributed by atoms with Crippen LogP contribution in [-0.4, -0.2) is 35.0 Å². The molecule has 2 heterocycles. The molecule has 2 aromatic heterocycles. The highest BCUT2D eigenvalue weighted by molar-refractivity contribution is 7.89. The minimum atomic E-state index is -3.66. The summed E-state index contributed by atoms with van der Waals surface area (Å²) in [5.41, 5.74) is 2.35. The van der Waals surface area contributed by atoms with Gasteiger partial charge in [0.25, 0.3) is 0 Å². The molecule has 6 nitrogen and oxygen atoms in total. The number of hydrogen-bond acceptors (Lipinski definition) is 4. The zero-order valence-electron chi connectivity index (χ0n) is 12.1. The van der Waals surface area contributed by atoms with Gasteiger partial charge < -0.3 is 0 Å². The fourth-order valence-corrected chi connectivity index (χ4v) is 3.79. The van der Waals surface area contributed by atoms with Gasteiger partial charge in [-0.05, 0) is 26.0 Å². The molecule has 0 saturated carbocycles. The lowest BCUT2D eigenvalue weighted by molar-refractivity contribution is 0.461. The number of aromatic amines is 1. The monoisotopic (exact) mass is 328 g/mol. The summed E-state index contributed by atoms with van der Waals surface area (Å²) >= 11 is 5.76. The van der Waals surface area contributed by atoms with Gasteiger partial charge in [0.1, 0.15) is 4.90 Å². The molecule has 2 aromatic rings. The van der Waals surface area contributed by atoms with Crippen molar-refractivity contribution in [2.75, 3.05) is 7.05 Å². The van der Waals surface area contributed by atoms with E-state index < -0.39 is 10.0 Å². The minimum Gasteiger partial charge on any atom is -0.281 e. The molecular weight excluding hydrogens is 312 g/mol. The number of aryl methyl sites for hydroxylation is 2. The minimum absolute atomic E-state index is 0.0371. The van der Waals surface area contributed by atoms with Crippen molar-refractivity contribution in [3.8, 4) is 0 Å². The molecule has 0 fully saturated rings. The molecule has 0 aromatic carbocycles. The van der Waals surface area contributed by atoms with Crippen molar-refractivity contribution in [3.63, 3.8) is 0 Å². The van der Waals surface area contributed by atoms with E-state index in [1.807, 2.05) is 19.1 Å². The Morgan fingerprint density at radius 1 is 1.33 bits per heavy atom. The number of aromatic nitrogens is 3. The normalized spacial score (nSPS) is 12.0. The van der Waals surface area contributed by atoms with Gasteiger partial charge in [-0.1, -0.05) is 6.07 Å². The number of nitrogens with zero attached hydrogens (tertiary/aromatic N) is 3. The van der Waals surface area contributed by atoms with E-state index in [0.717, 1.165) is 5.69 Å². The Morgan fingerprint density at radius 3 is 2.67 bits per heavy atom. The standard InChI is InChI=1S/C13H17ClN4O2S/c1-9-5-4-6-11(15-9)8-18(3)21(19,20)13-10(2)16-17-12(13)7-14/h4-6H,7-8H2,1-3H3,(H,16,17). The van der Waals surface area contributed by atoms with Gasteiger partial charge in [0.05, 0.1) is 29.5 Å². The zero-order chi connectivity index (χ0) is 15.6. The molecule has 0 aliphatic carbocycles. The molecule has 8 heteroatoms. The first-order valence-corrected chi connectivity index (χ1v) is 8.32. The highest BCUT2D eigenvalue weighted by Crippen LogP contribution is 2.23. The number of alkyl halides is 1. The third-order valence-corrected chi connectivity index (χ3v) is 5.35. The third kappa shape index (κ3) is 3.25. The first-order chi connectivity index (χ1) is 9.86. The van der Waals surface area contributed by atoms with E-state index in [0.29, 0.717) is 17.1 Å². The van der Waals surface area contributed by atoms with Crippen LogP contribution in [0.2, 0.25) is 0 Å². The highest BCUT2D eigenvalue weighted by atomic mass is 35.5. The maximum atomic E-state index is 12.7. The lowest BCUT2D eigenvalue weighted by Crippen LogP contribution is -2.28. The summed E-state index contributed by atoms with van der Waals surface area (Å²) in [5, 5.41) is 6.59. The van der Waals surface area contributed by atoms with Gasteiger partial charge in [0.2, 0.25) is 10.0 Å². The average Bonchev–Trinajstić information content (AvgIpc) is 2.80. The second kappa shape index (κ2) is 6.13. The van der Waals surface area contributed by atoms with Crippen molar-refractivity contribution in [1.29, 1.82) is 0 Å². The molecule has 0 radical (unpaired) electrons. The summed E-state index contributed by atoms with van der Waals surface area (Å²) in [6.07, 6.45) is 0. The van der Waals surface area contributed by atoms with E-state index in [1.54, 1.807) is 13.0 Å². The Labute approximate surface area is 129 Å². The van der Waals surface area contributed by atoms with Crippen LogP contribution in [0.1, 0.15) is 22.8 Å². The van der Waals surface area contributed by atoms with Crippen LogP contribution in [0, 0.1) is 13.8 Å². The van der Waals surface area contributed by atoms with E-state index in [4.69, 9.17) is 11.6 Å². The quantitative estimate of drug-likeness (QED) is 0.851. The maximum Gasteiger partial charge on any atom is 0.246 e. The van der Waals surface area contributed by atoms with E-state index in [2.05, 4.69) is 15.2 Å². The molecule has 0 saturated heterocycles. The molecular formula is C13H17ClN4O2S. The van der Waals surface area contributed by atoms with Crippen LogP contribution in [0.4, 0.5) is 0 Å². The van der Waals surface area contributed by atoms with Crippen molar-refractivity contribution < 1.29 is 8.42 Å². The van der Waals surface area contributed by atoms with Gasteiger partial charge in [-0.2, -0.15) is 9.40 Å². The molecule has 0 bridgehead atoms. The third-order valence-electron chi connectivity index (χ3n) is 3.09. The Hall–Kier alpha value is -1.44. The van der Waals surface area contributed by atoms with Gasteiger partial charge in [-0.25, -0.2) is 8.42 Å². The van der Waals surface area contributed by atoms with Crippen LogP contribution in [0.15, 0.2) is 23.1 Å². The van der Waals surface area contributed by atoms with Crippen LogP contribution >= 0.6 is 11.6 Å². The van der Waals surface area contributed by atoms with Gasteiger partial charge in [0.15, 0.2) is 0 Å². The fourth-order valence-electron chi connectivity index (χ4n) is 2.06. The Kier molecular flexibility index (Phi) is 4.65. The van der Waals surface area contributed by atoms with Crippen LogP contribution in [0.25, 0.3) is 0 Å². The Balaban J connectivity index is 2.33. The van der Waals surface area contributed by atoms with Crippen molar-refractivity contribution in [2.45, 2.75) is 31.2 Å². The molecule has 0 unspecified atom stereocenters. The first kappa shape index (κ1) is 15.9. The lowest BCUT2D eigenvalue weighted by Gasteiger charge is -2.17. The number of hydrogen-bond donors (Lipinski definition) is 1. The SMILES string of the molecule is Cc1cccc(CN(C)S(=O)(=O)c2c(CCl)n[nH]c2C)n1. The van der Waals surface area contributed by atoms with Gasteiger partial charge >= 0.3 is 0 Å². The van der Waals surface area contributed by atoms with Crippen LogP contribution < -0.4 is 0 Å². The summed E-state index contributed by atoms with van der Waals surface area (Å²) in [6.45, 7) is 3.72. The second-order valence-corrected chi connectivity index (χ2v) is 7.04. The summed E-state index contributed by atoms with van der Waals surface area (Å²) in [7, 11) is -2.15. The predicted octanol–water partition coefficient (Wildman–Crippen LogP) is 1.98. The van der Waals surface area contributed by atoms with Crippen molar-refractivity contribution in [3.05, 3.63) is 41.0 Å².